The van der Waals surface area contributed by atoms with Crippen LogP contribution in [0.3, 0.4) is 0 Å². The minimum Gasteiger partial charge on any atom is -0.352 e. The predicted octanol–water partition coefficient (Wildman–Crippen LogP) is 2.17. The van der Waals surface area contributed by atoms with Gasteiger partial charge in [0.1, 0.15) is 0 Å². The Morgan fingerprint density at radius 2 is 2.00 bits per heavy atom. The Bertz CT molecular complexity index is 836. The van der Waals surface area contributed by atoms with Crippen LogP contribution in [-0.2, 0) is 21.4 Å². The third-order valence-corrected chi connectivity index (χ3v) is 4.97. The molecule has 0 aliphatic carbocycles. The second kappa shape index (κ2) is 8.11. The van der Waals surface area contributed by atoms with E-state index in [0.29, 0.717) is 12.2 Å². The zero-order chi connectivity index (χ0) is 18.4. The fourth-order valence-electron chi connectivity index (χ4n) is 2.45. The number of benzene rings is 1. The Hall–Kier alpha value is -2.41. The molecule has 134 valence electrons. The lowest BCUT2D eigenvalue weighted by molar-refractivity contribution is -0.121. The summed E-state index contributed by atoms with van der Waals surface area (Å²) < 4.78 is 25.6. The van der Waals surface area contributed by atoms with E-state index in [1.807, 2.05) is 38.1 Å². The number of rotatable bonds is 7. The summed E-state index contributed by atoms with van der Waals surface area (Å²) >= 11 is 0. The van der Waals surface area contributed by atoms with Crippen molar-refractivity contribution in [2.75, 3.05) is 17.1 Å². The maximum absolute atomic E-state index is 12.2. The van der Waals surface area contributed by atoms with E-state index >= 15 is 0 Å². The van der Waals surface area contributed by atoms with Crippen LogP contribution >= 0.6 is 0 Å². The molecule has 1 amide bonds. The highest BCUT2D eigenvalue weighted by atomic mass is 32.2. The van der Waals surface area contributed by atoms with Crippen molar-refractivity contribution in [2.45, 2.75) is 26.8 Å². The van der Waals surface area contributed by atoms with E-state index in [9.17, 15) is 13.2 Å². The Kier molecular flexibility index (Phi) is 6.14. The van der Waals surface area contributed by atoms with Gasteiger partial charge in [-0.1, -0.05) is 18.2 Å². The molecule has 0 bridgehead atoms. The van der Waals surface area contributed by atoms with Crippen LogP contribution in [0.4, 0.5) is 5.69 Å². The average Bonchev–Trinajstić information content (AvgIpc) is 2.56. The predicted molar refractivity (Wildman–Crippen MR) is 98.8 cm³/mol. The number of nitrogens with zero attached hydrogens (tertiary/aromatic N) is 2. The number of pyridine rings is 1. The lowest BCUT2D eigenvalue weighted by Crippen LogP contribution is -2.35. The summed E-state index contributed by atoms with van der Waals surface area (Å²) in [6.07, 6.45) is 4.59. The summed E-state index contributed by atoms with van der Waals surface area (Å²) in [5.74, 6) is -0.206. The SMILES string of the molecule is Cc1ccc(C)c(N(CCC(=O)NCc2cccnc2)S(C)(=O)=O)c1. The molecule has 6 nitrogen and oxygen atoms in total. The van der Waals surface area contributed by atoms with Crippen molar-refractivity contribution in [1.29, 1.82) is 0 Å². The highest BCUT2D eigenvalue weighted by molar-refractivity contribution is 7.92. The molecule has 2 aromatic rings. The van der Waals surface area contributed by atoms with Gasteiger partial charge in [0.15, 0.2) is 0 Å². The van der Waals surface area contributed by atoms with Gasteiger partial charge in [-0.2, -0.15) is 0 Å². The van der Waals surface area contributed by atoms with Crippen LogP contribution in [0.1, 0.15) is 23.1 Å². The third kappa shape index (κ3) is 5.56. The Morgan fingerprint density at radius 3 is 2.64 bits per heavy atom. The van der Waals surface area contributed by atoms with E-state index in [0.717, 1.165) is 22.9 Å². The largest absolute Gasteiger partial charge is 0.352 e. The lowest BCUT2D eigenvalue weighted by Gasteiger charge is -2.24. The smallest absolute Gasteiger partial charge is 0.232 e. The fraction of sp³-hybridized carbons (Fsp3) is 0.333. The van der Waals surface area contributed by atoms with Gasteiger partial charge in [-0.15, -0.1) is 0 Å². The van der Waals surface area contributed by atoms with E-state index < -0.39 is 10.0 Å². The summed E-state index contributed by atoms with van der Waals surface area (Å²) in [4.78, 5) is 16.1. The van der Waals surface area contributed by atoms with Crippen LogP contribution < -0.4 is 9.62 Å². The Balaban J connectivity index is 2.03. The van der Waals surface area contributed by atoms with Crippen LogP contribution in [0.25, 0.3) is 0 Å². The van der Waals surface area contributed by atoms with Gasteiger partial charge >= 0.3 is 0 Å². The Labute approximate surface area is 148 Å². The van der Waals surface area contributed by atoms with Gasteiger partial charge in [-0.3, -0.25) is 14.1 Å². The van der Waals surface area contributed by atoms with Crippen molar-refractivity contribution in [2.24, 2.45) is 0 Å². The average molecular weight is 361 g/mol. The molecule has 0 saturated heterocycles. The standard InChI is InChI=1S/C18H23N3O3S/c1-14-6-7-15(2)17(11-14)21(25(3,23)24)10-8-18(22)20-13-16-5-4-9-19-12-16/h4-7,9,11-12H,8,10,13H2,1-3H3,(H,20,22). The van der Waals surface area contributed by atoms with Crippen LogP contribution in [0, 0.1) is 13.8 Å². The summed E-state index contributed by atoms with van der Waals surface area (Å²) in [5, 5.41) is 2.78. The number of hydrogen-bond donors (Lipinski definition) is 1. The van der Waals surface area contributed by atoms with Crippen molar-refractivity contribution in [3.05, 3.63) is 59.4 Å². The van der Waals surface area contributed by atoms with Crippen molar-refractivity contribution in [1.82, 2.24) is 10.3 Å². The number of sulfonamides is 1. The summed E-state index contributed by atoms with van der Waals surface area (Å²) in [6, 6.07) is 9.30. The molecule has 0 fully saturated rings. The number of nitrogens with one attached hydrogen (secondary N) is 1. The molecule has 1 heterocycles. The van der Waals surface area contributed by atoms with Crippen molar-refractivity contribution in [3.8, 4) is 0 Å². The first-order valence-corrected chi connectivity index (χ1v) is 9.83. The molecule has 1 N–H and O–H groups in total. The van der Waals surface area contributed by atoms with Crippen molar-refractivity contribution < 1.29 is 13.2 Å². The number of carbonyl (C=O) groups is 1. The maximum Gasteiger partial charge on any atom is 0.232 e. The minimum absolute atomic E-state index is 0.0840. The van der Waals surface area contributed by atoms with Crippen molar-refractivity contribution >= 4 is 21.6 Å². The van der Waals surface area contributed by atoms with E-state index in [2.05, 4.69) is 10.3 Å². The number of aromatic nitrogens is 1. The number of aryl methyl sites for hydroxylation is 2. The molecule has 0 aliphatic rings. The quantitative estimate of drug-likeness (QED) is 0.820. The minimum atomic E-state index is -3.48. The summed E-state index contributed by atoms with van der Waals surface area (Å²) in [5.41, 5.74) is 3.33. The van der Waals surface area contributed by atoms with Gasteiger partial charge in [-0.25, -0.2) is 8.42 Å². The Morgan fingerprint density at radius 1 is 1.24 bits per heavy atom. The highest BCUT2D eigenvalue weighted by Gasteiger charge is 2.20. The van der Waals surface area contributed by atoms with Gasteiger partial charge in [0, 0.05) is 31.9 Å². The van der Waals surface area contributed by atoms with Gasteiger partial charge in [-0.05, 0) is 42.7 Å². The highest BCUT2D eigenvalue weighted by Crippen LogP contribution is 2.24. The van der Waals surface area contributed by atoms with Crippen LogP contribution in [-0.4, -0.2) is 32.1 Å². The van der Waals surface area contributed by atoms with Crippen LogP contribution in [0.2, 0.25) is 0 Å². The van der Waals surface area contributed by atoms with Gasteiger partial charge in [0.2, 0.25) is 15.9 Å². The van der Waals surface area contributed by atoms with E-state index in [1.165, 1.54) is 4.31 Å². The molecule has 0 spiro atoms. The molecule has 0 radical (unpaired) electrons. The summed E-state index contributed by atoms with van der Waals surface area (Å²) in [6.45, 7) is 4.23. The number of amides is 1. The van der Waals surface area contributed by atoms with Crippen LogP contribution in [0.15, 0.2) is 42.7 Å². The zero-order valence-corrected chi connectivity index (χ0v) is 15.5. The fourth-order valence-corrected chi connectivity index (χ4v) is 3.42. The molecule has 0 unspecified atom stereocenters. The third-order valence-electron chi connectivity index (χ3n) is 3.79. The van der Waals surface area contributed by atoms with E-state index in [4.69, 9.17) is 0 Å². The first-order chi connectivity index (χ1) is 11.8. The van der Waals surface area contributed by atoms with Crippen molar-refractivity contribution in [3.63, 3.8) is 0 Å². The summed E-state index contributed by atoms with van der Waals surface area (Å²) in [7, 11) is -3.48. The van der Waals surface area contributed by atoms with Crippen LogP contribution in [0.5, 0.6) is 0 Å². The zero-order valence-electron chi connectivity index (χ0n) is 14.7. The van der Waals surface area contributed by atoms with E-state index in [1.54, 1.807) is 18.5 Å². The first-order valence-electron chi connectivity index (χ1n) is 7.98. The van der Waals surface area contributed by atoms with E-state index in [-0.39, 0.29) is 18.9 Å². The van der Waals surface area contributed by atoms with Gasteiger partial charge in [0.25, 0.3) is 0 Å². The molecule has 0 atom stereocenters. The monoisotopic (exact) mass is 361 g/mol. The topological polar surface area (TPSA) is 79.4 Å². The molecular formula is C18H23N3O3S. The molecule has 0 saturated carbocycles. The molecule has 2 rings (SSSR count). The maximum atomic E-state index is 12.2. The normalized spacial score (nSPS) is 11.2. The number of carbonyl (C=O) groups excluding carboxylic acids is 1. The molecular weight excluding hydrogens is 338 g/mol. The second-order valence-electron chi connectivity index (χ2n) is 6.01. The van der Waals surface area contributed by atoms with Gasteiger partial charge in [0.05, 0.1) is 11.9 Å². The molecule has 1 aromatic heterocycles. The first kappa shape index (κ1) is 18.9. The molecule has 25 heavy (non-hydrogen) atoms. The lowest BCUT2D eigenvalue weighted by atomic mass is 10.1. The van der Waals surface area contributed by atoms with Gasteiger partial charge < -0.3 is 5.32 Å². The molecule has 7 heteroatoms. The molecule has 1 aromatic carbocycles. The number of anilines is 1. The second-order valence-corrected chi connectivity index (χ2v) is 7.92. The molecule has 0 aliphatic heterocycles. The number of hydrogen-bond acceptors (Lipinski definition) is 4.